The summed E-state index contributed by atoms with van der Waals surface area (Å²) >= 11 is 5.93. The van der Waals surface area contributed by atoms with Crippen LogP contribution >= 0.6 is 11.6 Å². The van der Waals surface area contributed by atoms with E-state index in [1.807, 2.05) is 12.1 Å². The fourth-order valence-electron chi connectivity index (χ4n) is 2.92. The number of benzene rings is 2. The van der Waals surface area contributed by atoms with Crippen LogP contribution in [0.2, 0.25) is 5.02 Å². The van der Waals surface area contributed by atoms with Crippen LogP contribution in [0.15, 0.2) is 59.7 Å². The van der Waals surface area contributed by atoms with Gasteiger partial charge in [-0.1, -0.05) is 29.8 Å². The lowest BCUT2D eigenvalue weighted by molar-refractivity contribution is 0.0999. The second-order valence-electron chi connectivity index (χ2n) is 6.14. The average molecular weight is 379 g/mol. The van der Waals surface area contributed by atoms with Crippen LogP contribution in [0.3, 0.4) is 0 Å². The Kier molecular flexibility index (Phi) is 4.56. The lowest BCUT2D eigenvalue weighted by Gasteiger charge is -2.02. The number of fused-ring (bicyclic) bond motifs is 1. The van der Waals surface area contributed by atoms with Gasteiger partial charge in [-0.3, -0.25) is 19.9 Å². The van der Waals surface area contributed by atoms with Crippen LogP contribution in [0.1, 0.15) is 33.6 Å². The van der Waals surface area contributed by atoms with Crippen molar-refractivity contribution in [2.45, 2.75) is 12.8 Å². The quantitative estimate of drug-likeness (QED) is 0.645. The van der Waals surface area contributed by atoms with E-state index in [2.05, 4.69) is 20.3 Å². The van der Waals surface area contributed by atoms with Crippen molar-refractivity contribution in [3.63, 3.8) is 0 Å². The summed E-state index contributed by atoms with van der Waals surface area (Å²) in [5.41, 5.74) is 2.96. The Morgan fingerprint density at radius 1 is 1.19 bits per heavy atom. The number of hydrogen-bond donors (Lipinski definition) is 2. The number of ketones is 1. The molecule has 6 nitrogen and oxygen atoms in total. The summed E-state index contributed by atoms with van der Waals surface area (Å²) in [6.45, 7) is 0. The smallest absolute Gasteiger partial charge is 0.258 e. The van der Waals surface area contributed by atoms with Crippen molar-refractivity contribution in [2.75, 3.05) is 5.32 Å². The minimum atomic E-state index is -0.337. The highest BCUT2D eigenvalue weighted by molar-refractivity contribution is 6.31. The number of imidazole rings is 1. The van der Waals surface area contributed by atoms with Crippen LogP contribution < -0.4 is 5.32 Å². The number of carbonyl (C=O) groups excluding carboxylic acids is 2. The molecular weight excluding hydrogens is 364 g/mol. The number of allylic oxidation sites excluding steroid dienone is 1. The molecule has 0 saturated carbocycles. The Balaban J connectivity index is 1.59. The maximum absolute atomic E-state index is 12.6. The highest BCUT2D eigenvalue weighted by Gasteiger charge is 2.17. The molecule has 2 N–H and O–H groups in total. The predicted octanol–water partition coefficient (Wildman–Crippen LogP) is 4.40. The zero-order valence-electron chi connectivity index (χ0n) is 14.2. The summed E-state index contributed by atoms with van der Waals surface area (Å²) in [4.78, 5) is 36.6. The molecule has 0 unspecified atom stereocenters. The van der Waals surface area contributed by atoms with E-state index in [0.29, 0.717) is 33.6 Å². The van der Waals surface area contributed by atoms with Gasteiger partial charge in [-0.05, 0) is 30.3 Å². The van der Waals surface area contributed by atoms with Gasteiger partial charge in [0, 0.05) is 40.9 Å². The SMILES string of the molecule is O=C(Nc1nc2c(C(=O)CC3=NC=CC3)cccc2[nH]1)c1cccc(Cl)c1. The number of anilines is 1. The van der Waals surface area contributed by atoms with Crippen molar-refractivity contribution < 1.29 is 9.59 Å². The highest BCUT2D eigenvalue weighted by atomic mass is 35.5. The maximum Gasteiger partial charge on any atom is 0.258 e. The summed E-state index contributed by atoms with van der Waals surface area (Å²) in [7, 11) is 0. The number of aromatic nitrogens is 2. The molecule has 1 aliphatic rings. The summed E-state index contributed by atoms with van der Waals surface area (Å²) < 4.78 is 0. The molecule has 1 amide bonds. The van der Waals surface area contributed by atoms with Gasteiger partial charge in [0.1, 0.15) is 5.52 Å². The Bertz CT molecular complexity index is 1110. The van der Waals surface area contributed by atoms with Gasteiger partial charge in [0.25, 0.3) is 5.91 Å². The number of H-pyrrole nitrogens is 1. The molecular formula is C20H15ClN4O2. The fourth-order valence-corrected chi connectivity index (χ4v) is 3.11. The predicted molar refractivity (Wildman–Crippen MR) is 106 cm³/mol. The molecule has 134 valence electrons. The standard InChI is InChI=1S/C20H15ClN4O2/c21-13-5-1-4-12(10-13)19(27)25-20-23-16-8-2-7-15(18(16)24-20)17(26)11-14-6-3-9-22-14/h1-5,7-10H,6,11H2,(H2,23,24,25,27). The summed E-state index contributed by atoms with van der Waals surface area (Å²) in [6.07, 6.45) is 4.58. The van der Waals surface area contributed by atoms with Gasteiger partial charge >= 0.3 is 0 Å². The van der Waals surface area contributed by atoms with Crippen LogP contribution in [-0.2, 0) is 0 Å². The molecule has 0 atom stereocenters. The average Bonchev–Trinajstić information content (AvgIpc) is 3.30. The number of aromatic amines is 1. The number of nitrogens with one attached hydrogen (secondary N) is 2. The maximum atomic E-state index is 12.6. The van der Waals surface area contributed by atoms with Crippen molar-refractivity contribution in [3.05, 3.63) is 70.9 Å². The number of hydrogen-bond acceptors (Lipinski definition) is 4. The molecule has 0 aliphatic carbocycles. The molecule has 0 fully saturated rings. The third-order valence-electron chi connectivity index (χ3n) is 4.21. The van der Waals surface area contributed by atoms with E-state index in [0.717, 1.165) is 5.71 Å². The first-order valence-electron chi connectivity index (χ1n) is 8.39. The van der Waals surface area contributed by atoms with E-state index >= 15 is 0 Å². The first-order chi connectivity index (χ1) is 13.1. The second kappa shape index (κ2) is 7.17. The van der Waals surface area contributed by atoms with Crippen molar-refractivity contribution in [1.82, 2.24) is 9.97 Å². The van der Waals surface area contributed by atoms with Gasteiger partial charge in [0.05, 0.1) is 5.52 Å². The topological polar surface area (TPSA) is 87.2 Å². The Labute approximate surface area is 160 Å². The highest BCUT2D eigenvalue weighted by Crippen LogP contribution is 2.21. The molecule has 1 aromatic heterocycles. The normalized spacial score (nSPS) is 13.0. The van der Waals surface area contributed by atoms with Gasteiger partial charge in [-0.15, -0.1) is 0 Å². The van der Waals surface area contributed by atoms with E-state index < -0.39 is 0 Å². The molecule has 1 aliphatic heterocycles. The molecule has 0 radical (unpaired) electrons. The van der Waals surface area contributed by atoms with Crippen LogP contribution in [0.5, 0.6) is 0 Å². The summed E-state index contributed by atoms with van der Waals surface area (Å²) in [5, 5.41) is 3.18. The zero-order chi connectivity index (χ0) is 18.8. The van der Waals surface area contributed by atoms with E-state index in [1.54, 1.807) is 42.6 Å². The largest absolute Gasteiger partial charge is 0.324 e. The first kappa shape index (κ1) is 17.2. The number of aliphatic imine (C=N–C) groups is 1. The molecule has 0 bridgehead atoms. The molecule has 3 aromatic rings. The number of rotatable bonds is 5. The number of para-hydroxylation sites is 1. The summed E-state index contributed by atoms with van der Waals surface area (Å²) in [5.74, 6) is -0.117. The zero-order valence-corrected chi connectivity index (χ0v) is 15.0. The van der Waals surface area contributed by atoms with E-state index in [1.165, 1.54) is 0 Å². The summed E-state index contributed by atoms with van der Waals surface area (Å²) in [6, 6.07) is 12.0. The minimum absolute atomic E-state index is 0.0535. The van der Waals surface area contributed by atoms with Crippen LogP contribution in [0, 0.1) is 0 Å². The number of nitrogens with zero attached hydrogens (tertiary/aromatic N) is 2. The van der Waals surface area contributed by atoms with Gasteiger partial charge in [-0.25, -0.2) is 4.98 Å². The molecule has 0 spiro atoms. The van der Waals surface area contributed by atoms with Crippen molar-refractivity contribution in [1.29, 1.82) is 0 Å². The van der Waals surface area contributed by atoms with Crippen molar-refractivity contribution in [2.24, 2.45) is 4.99 Å². The van der Waals surface area contributed by atoms with Gasteiger partial charge in [0.15, 0.2) is 5.78 Å². The first-order valence-corrected chi connectivity index (χ1v) is 8.77. The second-order valence-corrected chi connectivity index (χ2v) is 6.57. The monoisotopic (exact) mass is 378 g/mol. The number of halogens is 1. The van der Waals surface area contributed by atoms with E-state index in [9.17, 15) is 9.59 Å². The molecule has 0 saturated heterocycles. The number of amides is 1. The molecule has 7 heteroatoms. The van der Waals surface area contributed by atoms with Crippen LogP contribution in [0.25, 0.3) is 11.0 Å². The third kappa shape index (κ3) is 3.66. The number of Topliss-reactive ketones (excluding diaryl/α,β-unsaturated/α-hetero) is 1. The Hall–Kier alpha value is -3.25. The molecule has 4 rings (SSSR count). The van der Waals surface area contributed by atoms with Crippen molar-refractivity contribution >= 4 is 46.0 Å². The lowest BCUT2D eigenvalue weighted by Crippen LogP contribution is -2.12. The van der Waals surface area contributed by atoms with Gasteiger partial charge in [0.2, 0.25) is 5.95 Å². The third-order valence-corrected chi connectivity index (χ3v) is 4.45. The Morgan fingerprint density at radius 2 is 2.04 bits per heavy atom. The van der Waals surface area contributed by atoms with Crippen LogP contribution in [-0.4, -0.2) is 27.4 Å². The van der Waals surface area contributed by atoms with E-state index in [4.69, 9.17) is 11.6 Å². The van der Waals surface area contributed by atoms with Crippen LogP contribution in [0.4, 0.5) is 5.95 Å². The van der Waals surface area contributed by atoms with E-state index in [-0.39, 0.29) is 24.1 Å². The Morgan fingerprint density at radius 3 is 2.81 bits per heavy atom. The fraction of sp³-hybridized carbons (Fsp3) is 0.100. The van der Waals surface area contributed by atoms with Gasteiger partial charge in [-0.2, -0.15) is 0 Å². The number of carbonyl (C=O) groups is 2. The molecule has 2 heterocycles. The van der Waals surface area contributed by atoms with Crippen molar-refractivity contribution in [3.8, 4) is 0 Å². The van der Waals surface area contributed by atoms with Gasteiger partial charge < -0.3 is 4.98 Å². The molecule has 2 aromatic carbocycles. The lowest BCUT2D eigenvalue weighted by atomic mass is 10.0. The minimum Gasteiger partial charge on any atom is -0.324 e. The molecule has 27 heavy (non-hydrogen) atoms.